The van der Waals surface area contributed by atoms with Gasteiger partial charge in [-0.1, -0.05) is 42.0 Å². The highest BCUT2D eigenvalue weighted by Crippen LogP contribution is 2.25. The van der Waals surface area contributed by atoms with Gasteiger partial charge in [0, 0.05) is 5.75 Å². The van der Waals surface area contributed by atoms with Crippen LogP contribution in [0.1, 0.15) is 18.1 Å². The van der Waals surface area contributed by atoms with Crippen LogP contribution in [0.3, 0.4) is 0 Å². The summed E-state index contributed by atoms with van der Waals surface area (Å²) in [5.74, 6) is -0.595. The van der Waals surface area contributed by atoms with Crippen molar-refractivity contribution in [3.8, 4) is 5.75 Å². The number of anilines is 1. The maximum absolute atomic E-state index is 12.4. The lowest BCUT2D eigenvalue weighted by Gasteiger charge is -2.15. The van der Waals surface area contributed by atoms with E-state index in [4.69, 9.17) is 4.74 Å². The number of ether oxygens (including phenoxy) is 2. The number of halogens is 2. The van der Waals surface area contributed by atoms with E-state index in [2.05, 4.69) is 10.1 Å². The predicted molar refractivity (Wildman–Crippen MR) is 105 cm³/mol. The van der Waals surface area contributed by atoms with E-state index >= 15 is 0 Å². The summed E-state index contributed by atoms with van der Waals surface area (Å²) in [6.07, 6.45) is -1.08. The molecule has 2 aromatic carbocycles. The molecule has 0 saturated heterocycles. The van der Waals surface area contributed by atoms with Crippen molar-refractivity contribution >= 4 is 29.3 Å². The van der Waals surface area contributed by atoms with Crippen molar-refractivity contribution in [2.24, 2.45) is 0 Å². The molecule has 0 unspecified atom stereocenters. The first-order valence-corrected chi connectivity index (χ1v) is 9.68. The summed E-state index contributed by atoms with van der Waals surface area (Å²) in [6.45, 7) is 0.395. The Kier molecular flexibility index (Phi) is 8.25. The molecule has 0 aliphatic rings. The number of alkyl halides is 2. The number of carbonyl (C=O) groups is 2. The summed E-state index contributed by atoms with van der Waals surface area (Å²) in [7, 11) is 0. The summed E-state index contributed by atoms with van der Waals surface area (Å²) < 4.78 is 34.3. The fraction of sp³-hybridized carbons (Fsp3) is 0.300. The lowest BCUT2D eigenvalue weighted by Crippen LogP contribution is -2.30. The summed E-state index contributed by atoms with van der Waals surface area (Å²) in [4.78, 5) is 24.1. The van der Waals surface area contributed by atoms with Crippen LogP contribution in [0.4, 0.5) is 14.5 Å². The van der Waals surface area contributed by atoms with E-state index in [1.165, 1.54) is 36.9 Å². The van der Waals surface area contributed by atoms with E-state index in [1.807, 2.05) is 31.2 Å². The molecule has 0 fully saturated rings. The Bertz CT molecular complexity index is 799. The van der Waals surface area contributed by atoms with Crippen molar-refractivity contribution < 1.29 is 27.8 Å². The molecule has 28 heavy (non-hydrogen) atoms. The molecule has 1 N–H and O–H groups in total. The molecule has 150 valence electrons. The number of benzene rings is 2. The van der Waals surface area contributed by atoms with Crippen LogP contribution in [0.2, 0.25) is 0 Å². The number of hydrogen-bond donors (Lipinski definition) is 1. The van der Waals surface area contributed by atoms with Gasteiger partial charge in [-0.05, 0) is 31.5 Å². The molecular weight excluding hydrogens is 388 g/mol. The van der Waals surface area contributed by atoms with Gasteiger partial charge in [-0.25, -0.2) is 0 Å². The smallest absolute Gasteiger partial charge is 0.387 e. The van der Waals surface area contributed by atoms with Crippen LogP contribution in [0, 0.1) is 6.92 Å². The van der Waals surface area contributed by atoms with Gasteiger partial charge in [0.15, 0.2) is 6.10 Å². The van der Waals surface area contributed by atoms with E-state index in [0.717, 1.165) is 11.1 Å². The minimum absolute atomic E-state index is 0.0736. The van der Waals surface area contributed by atoms with E-state index in [1.54, 1.807) is 6.07 Å². The molecule has 0 heterocycles. The number of thioether (sulfide) groups is 1. The Hall–Kier alpha value is -2.61. The largest absolute Gasteiger partial charge is 0.452 e. The van der Waals surface area contributed by atoms with Crippen molar-refractivity contribution in [1.82, 2.24) is 0 Å². The zero-order chi connectivity index (χ0) is 20.5. The van der Waals surface area contributed by atoms with E-state index < -0.39 is 24.6 Å². The third-order valence-corrected chi connectivity index (χ3v) is 4.62. The number of aryl methyl sites for hydroxylation is 1. The third-order valence-electron chi connectivity index (χ3n) is 3.65. The number of amides is 1. The number of para-hydroxylation sites is 2. The first-order chi connectivity index (χ1) is 13.3. The molecule has 1 atom stereocenters. The number of carbonyl (C=O) groups excluding carboxylic acids is 2. The van der Waals surface area contributed by atoms with Gasteiger partial charge in [-0.15, -0.1) is 11.8 Å². The molecule has 0 radical (unpaired) electrons. The molecule has 0 saturated carbocycles. The molecule has 1 amide bonds. The first-order valence-electron chi connectivity index (χ1n) is 8.52. The van der Waals surface area contributed by atoms with Crippen molar-refractivity contribution in [3.63, 3.8) is 0 Å². The molecule has 0 aliphatic carbocycles. The molecule has 0 aliphatic heterocycles. The Morgan fingerprint density at radius 1 is 1.11 bits per heavy atom. The van der Waals surface area contributed by atoms with Gasteiger partial charge in [0.05, 0.1) is 11.4 Å². The molecule has 0 aromatic heterocycles. The maximum Gasteiger partial charge on any atom is 0.387 e. The van der Waals surface area contributed by atoms with Gasteiger partial charge in [0.1, 0.15) is 5.75 Å². The van der Waals surface area contributed by atoms with Crippen LogP contribution in [0.5, 0.6) is 5.75 Å². The zero-order valence-electron chi connectivity index (χ0n) is 15.5. The van der Waals surface area contributed by atoms with Gasteiger partial charge < -0.3 is 14.8 Å². The SMILES string of the molecule is Cc1ccc(CSCC(=O)O[C@@H](C)C(=O)Nc2ccccc2OC(F)F)cc1. The van der Waals surface area contributed by atoms with Crippen LogP contribution < -0.4 is 10.1 Å². The molecule has 2 aromatic rings. The highest BCUT2D eigenvalue weighted by atomic mass is 32.2. The third kappa shape index (κ3) is 7.19. The van der Waals surface area contributed by atoms with Crippen LogP contribution >= 0.6 is 11.8 Å². The second-order valence-corrected chi connectivity index (χ2v) is 6.96. The number of nitrogens with one attached hydrogen (secondary N) is 1. The quantitative estimate of drug-likeness (QED) is 0.622. The summed E-state index contributed by atoms with van der Waals surface area (Å²) in [5, 5.41) is 2.43. The molecule has 5 nitrogen and oxygen atoms in total. The van der Waals surface area contributed by atoms with Crippen molar-refractivity contribution in [2.45, 2.75) is 32.3 Å². The van der Waals surface area contributed by atoms with Crippen molar-refractivity contribution in [3.05, 3.63) is 59.7 Å². The Balaban J connectivity index is 1.80. The van der Waals surface area contributed by atoms with E-state index in [9.17, 15) is 18.4 Å². The predicted octanol–water partition coefficient (Wildman–Crippen LogP) is 4.40. The minimum atomic E-state index is -3.01. The van der Waals surface area contributed by atoms with E-state index in [-0.39, 0.29) is 17.2 Å². The lowest BCUT2D eigenvalue weighted by atomic mass is 10.2. The summed E-state index contributed by atoms with van der Waals surface area (Å²) in [6, 6.07) is 13.8. The standard InChI is InChI=1S/C20H21F2NO4S/c1-13-7-9-15(10-8-13)11-28-12-18(24)26-14(2)19(25)23-16-5-3-4-6-17(16)27-20(21)22/h3-10,14,20H,11-12H2,1-2H3,(H,23,25)/t14-/m0/s1. The summed E-state index contributed by atoms with van der Waals surface area (Å²) in [5.41, 5.74) is 2.32. The fourth-order valence-electron chi connectivity index (χ4n) is 2.22. The Morgan fingerprint density at radius 2 is 1.79 bits per heavy atom. The van der Waals surface area contributed by atoms with Gasteiger partial charge >= 0.3 is 12.6 Å². The zero-order valence-corrected chi connectivity index (χ0v) is 16.3. The average molecular weight is 409 g/mol. The average Bonchev–Trinajstić information content (AvgIpc) is 2.64. The second kappa shape index (κ2) is 10.7. The van der Waals surface area contributed by atoms with Crippen LogP contribution in [-0.4, -0.2) is 30.3 Å². The van der Waals surface area contributed by atoms with Crippen LogP contribution in [0.15, 0.2) is 48.5 Å². The monoisotopic (exact) mass is 409 g/mol. The summed E-state index contributed by atoms with van der Waals surface area (Å²) >= 11 is 1.38. The number of hydrogen-bond acceptors (Lipinski definition) is 5. The number of rotatable bonds is 9. The first kappa shape index (κ1) is 21.7. The molecule has 2 rings (SSSR count). The molecular formula is C20H21F2NO4S. The van der Waals surface area contributed by atoms with Gasteiger partial charge in [-0.3, -0.25) is 9.59 Å². The van der Waals surface area contributed by atoms with Gasteiger partial charge in [0.25, 0.3) is 5.91 Å². The highest BCUT2D eigenvalue weighted by Gasteiger charge is 2.20. The Morgan fingerprint density at radius 3 is 2.46 bits per heavy atom. The fourth-order valence-corrected chi connectivity index (χ4v) is 2.99. The van der Waals surface area contributed by atoms with Crippen LogP contribution in [0.25, 0.3) is 0 Å². The second-order valence-electron chi connectivity index (χ2n) is 5.97. The molecule has 8 heteroatoms. The van der Waals surface area contributed by atoms with Gasteiger partial charge in [0.2, 0.25) is 0 Å². The molecule has 0 bridgehead atoms. The number of esters is 1. The maximum atomic E-state index is 12.4. The van der Waals surface area contributed by atoms with Crippen molar-refractivity contribution in [2.75, 3.05) is 11.1 Å². The van der Waals surface area contributed by atoms with Gasteiger partial charge in [-0.2, -0.15) is 8.78 Å². The van der Waals surface area contributed by atoms with Crippen molar-refractivity contribution in [1.29, 1.82) is 0 Å². The normalized spacial score (nSPS) is 11.8. The molecule has 0 spiro atoms. The van der Waals surface area contributed by atoms with Crippen LogP contribution in [-0.2, 0) is 20.1 Å². The lowest BCUT2D eigenvalue weighted by molar-refractivity contribution is -0.150. The highest BCUT2D eigenvalue weighted by molar-refractivity contribution is 7.99. The Labute approximate surface area is 166 Å². The topological polar surface area (TPSA) is 64.6 Å². The minimum Gasteiger partial charge on any atom is -0.452 e. The van der Waals surface area contributed by atoms with E-state index in [0.29, 0.717) is 5.75 Å².